The monoisotopic (exact) mass is 417 g/mol. The zero-order chi connectivity index (χ0) is 18.0. The van der Waals surface area contributed by atoms with Crippen LogP contribution >= 0.6 is 27.5 Å². The average Bonchev–Trinajstić information content (AvgIpc) is 2.58. The lowest BCUT2D eigenvalue weighted by atomic mass is 10.2. The molecule has 0 aliphatic carbocycles. The van der Waals surface area contributed by atoms with Crippen molar-refractivity contribution in [2.45, 2.75) is 6.92 Å². The molecule has 126 valence electrons. The van der Waals surface area contributed by atoms with Crippen LogP contribution in [0, 0.1) is 6.92 Å². The molecule has 0 saturated carbocycles. The Bertz CT molecular complexity index is 1000. The summed E-state index contributed by atoms with van der Waals surface area (Å²) in [6, 6.07) is 12.3. The molecule has 0 radical (unpaired) electrons. The van der Waals surface area contributed by atoms with E-state index < -0.39 is 11.5 Å². The van der Waals surface area contributed by atoms with E-state index in [2.05, 4.69) is 31.2 Å². The van der Waals surface area contributed by atoms with E-state index >= 15 is 0 Å². The van der Waals surface area contributed by atoms with E-state index in [-0.39, 0.29) is 5.56 Å². The number of anilines is 1. The molecule has 0 aliphatic heterocycles. The van der Waals surface area contributed by atoms with E-state index in [4.69, 9.17) is 11.6 Å². The summed E-state index contributed by atoms with van der Waals surface area (Å²) in [5, 5.41) is 3.31. The van der Waals surface area contributed by atoms with Crippen LogP contribution in [-0.2, 0) is 0 Å². The minimum atomic E-state index is -0.512. The number of halogens is 2. The summed E-state index contributed by atoms with van der Waals surface area (Å²) in [6.07, 6.45) is 1.27. The molecule has 1 heterocycles. The number of amides is 1. The number of carbonyl (C=O) groups excluding carboxylic acids is 1. The number of hydrogen-bond donors (Lipinski definition) is 2. The van der Waals surface area contributed by atoms with E-state index in [0.29, 0.717) is 22.1 Å². The fourth-order valence-electron chi connectivity index (χ4n) is 2.27. The van der Waals surface area contributed by atoms with Crippen molar-refractivity contribution >= 4 is 39.1 Å². The van der Waals surface area contributed by atoms with Gasteiger partial charge in [0.05, 0.1) is 0 Å². The summed E-state index contributed by atoms with van der Waals surface area (Å²) in [6.45, 7) is 1.87. The van der Waals surface area contributed by atoms with Gasteiger partial charge in [-0.2, -0.15) is 0 Å². The molecule has 0 saturated heterocycles. The Balaban J connectivity index is 1.86. The van der Waals surface area contributed by atoms with Crippen LogP contribution in [0.2, 0.25) is 5.02 Å². The first-order valence-electron chi connectivity index (χ1n) is 7.37. The number of H-pyrrole nitrogens is 1. The quantitative estimate of drug-likeness (QED) is 0.661. The smallest absolute Gasteiger partial charge is 0.264 e. The Morgan fingerprint density at radius 2 is 1.92 bits per heavy atom. The SMILES string of the molecule is Cc1cc(Br)ccc1NC(=O)c1cnc(-c2ccc(Cl)cc2)[nH]c1=O. The predicted molar refractivity (Wildman–Crippen MR) is 102 cm³/mol. The summed E-state index contributed by atoms with van der Waals surface area (Å²) in [4.78, 5) is 31.4. The van der Waals surface area contributed by atoms with Crippen molar-refractivity contribution in [2.24, 2.45) is 0 Å². The first-order valence-corrected chi connectivity index (χ1v) is 8.54. The largest absolute Gasteiger partial charge is 0.322 e. The number of nitrogens with one attached hydrogen (secondary N) is 2. The first kappa shape index (κ1) is 17.4. The minimum Gasteiger partial charge on any atom is -0.322 e. The van der Waals surface area contributed by atoms with Gasteiger partial charge in [-0.05, 0) is 55.0 Å². The van der Waals surface area contributed by atoms with Gasteiger partial charge in [0.1, 0.15) is 11.4 Å². The van der Waals surface area contributed by atoms with Crippen LogP contribution in [0.5, 0.6) is 0 Å². The molecule has 1 aromatic heterocycles. The fourth-order valence-corrected chi connectivity index (χ4v) is 2.87. The second kappa shape index (κ2) is 7.21. The van der Waals surface area contributed by atoms with Crippen LogP contribution in [0.15, 0.2) is 57.9 Å². The number of hydrogen-bond acceptors (Lipinski definition) is 3. The number of aryl methyl sites for hydroxylation is 1. The molecule has 3 rings (SSSR count). The fraction of sp³-hybridized carbons (Fsp3) is 0.0556. The van der Waals surface area contributed by atoms with Gasteiger partial charge in [-0.25, -0.2) is 4.98 Å². The molecule has 5 nitrogen and oxygen atoms in total. The molecule has 0 bridgehead atoms. The molecule has 2 aromatic carbocycles. The maximum absolute atomic E-state index is 12.4. The highest BCUT2D eigenvalue weighted by Gasteiger charge is 2.14. The van der Waals surface area contributed by atoms with Gasteiger partial charge in [0.2, 0.25) is 0 Å². The van der Waals surface area contributed by atoms with Crippen molar-refractivity contribution in [3.05, 3.63) is 79.6 Å². The molecule has 25 heavy (non-hydrogen) atoms. The lowest BCUT2D eigenvalue weighted by molar-refractivity contribution is 0.102. The van der Waals surface area contributed by atoms with Crippen LogP contribution in [0.3, 0.4) is 0 Å². The average molecular weight is 419 g/mol. The summed E-state index contributed by atoms with van der Waals surface area (Å²) in [5.41, 5.74) is 1.66. The maximum atomic E-state index is 12.4. The Hall–Kier alpha value is -2.44. The van der Waals surface area contributed by atoms with E-state index in [1.807, 2.05) is 19.1 Å². The molecular formula is C18H13BrClN3O2. The zero-order valence-corrected chi connectivity index (χ0v) is 15.5. The third-order valence-corrected chi connectivity index (χ3v) is 4.34. The lowest BCUT2D eigenvalue weighted by Crippen LogP contribution is -2.24. The third kappa shape index (κ3) is 3.97. The number of aromatic amines is 1. The molecule has 0 spiro atoms. The van der Waals surface area contributed by atoms with Gasteiger partial charge < -0.3 is 10.3 Å². The van der Waals surface area contributed by atoms with Gasteiger partial charge in [-0.3, -0.25) is 9.59 Å². The Morgan fingerprint density at radius 3 is 2.56 bits per heavy atom. The maximum Gasteiger partial charge on any atom is 0.264 e. The van der Waals surface area contributed by atoms with Crippen molar-refractivity contribution in [1.29, 1.82) is 0 Å². The molecule has 0 unspecified atom stereocenters. The second-order valence-corrected chi connectivity index (χ2v) is 6.75. The molecule has 0 aliphatic rings. The van der Waals surface area contributed by atoms with Crippen LogP contribution in [-0.4, -0.2) is 15.9 Å². The normalized spacial score (nSPS) is 10.5. The Labute approximate surface area is 157 Å². The highest BCUT2D eigenvalue weighted by atomic mass is 79.9. The molecule has 7 heteroatoms. The number of nitrogens with zero attached hydrogens (tertiary/aromatic N) is 1. The van der Waals surface area contributed by atoms with Gasteiger partial charge in [0, 0.05) is 26.9 Å². The molecule has 1 amide bonds. The summed E-state index contributed by atoms with van der Waals surface area (Å²) in [5.74, 6) is -0.139. The van der Waals surface area contributed by atoms with Gasteiger partial charge >= 0.3 is 0 Å². The third-order valence-electron chi connectivity index (χ3n) is 3.60. The molecule has 2 N–H and O–H groups in total. The Kier molecular flexibility index (Phi) is 5.01. The van der Waals surface area contributed by atoms with Gasteiger partial charge in [0.15, 0.2) is 0 Å². The predicted octanol–water partition coefficient (Wildman–Crippen LogP) is 4.41. The molecule has 3 aromatic rings. The first-order chi connectivity index (χ1) is 11.9. The van der Waals surface area contributed by atoms with E-state index in [0.717, 1.165) is 10.0 Å². The highest BCUT2D eigenvalue weighted by molar-refractivity contribution is 9.10. The van der Waals surface area contributed by atoms with Gasteiger partial charge in [-0.15, -0.1) is 0 Å². The number of rotatable bonds is 3. The van der Waals surface area contributed by atoms with Crippen molar-refractivity contribution in [3.8, 4) is 11.4 Å². The van der Waals surface area contributed by atoms with Crippen molar-refractivity contribution < 1.29 is 4.79 Å². The Morgan fingerprint density at radius 1 is 1.20 bits per heavy atom. The summed E-state index contributed by atoms with van der Waals surface area (Å²) >= 11 is 9.22. The number of carbonyl (C=O) groups is 1. The van der Waals surface area contributed by atoms with E-state index in [9.17, 15) is 9.59 Å². The summed E-state index contributed by atoms with van der Waals surface area (Å²) in [7, 11) is 0. The van der Waals surface area contributed by atoms with Crippen molar-refractivity contribution in [2.75, 3.05) is 5.32 Å². The molecular weight excluding hydrogens is 406 g/mol. The molecule has 0 fully saturated rings. The van der Waals surface area contributed by atoms with Crippen LogP contribution in [0.1, 0.15) is 15.9 Å². The molecule has 0 atom stereocenters. The van der Waals surface area contributed by atoms with Crippen LogP contribution in [0.4, 0.5) is 5.69 Å². The number of aromatic nitrogens is 2. The van der Waals surface area contributed by atoms with Crippen LogP contribution < -0.4 is 10.9 Å². The zero-order valence-electron chi connectivity index (χ0n) is 13.1. The van der Waals surface area contributed by atoms with Crippen LogP contribution in [0.25, 0.3) is 11.4 Å². The van der Waals surface area contributed by atoms with Gasteiger partial charge in [0.25, 0.3) is 11.5 Å². The second-order valence-electron chi connectivity index (χ2n) is 5.39. The topological polar surface area (TPSA) is 74.8 Å². The lowest BCUT2D eigenvalue weighted by Gasteiger charge is -2.08. The summed E-state index contributed by atoms with van der Waals surface area (Å²) < 4.78 is 0.912. The highest BCUT2D eigenvalue weighted by Crippen LogP contribution is 2.21. The number of benzene rings is 2. The van der Waals surface area contributed by atoms with Crippen molar-refractivity contribution in [1.82, 2.24) is 9.97 Å². The van der Waals surface area contributed by atoms with Crippen molar-refractivity contribution in [3.63, 3.8) is 0 Å². The van der Waals surface area contributed by atoms with E-state index in [1.165, 1.54) is 6.20 Å². The standard InChI is InChI=1S/C18H13BrClN3O2/c1-10-8-12(19)4-7-15(10)22-17(24)14-9-21-16(23-18(14)25)11-2-5-13(20)6-3-11/h2-9H,1H3,(H,22,24)(H,21,23,25). The van der Waals surface area contributed by atoms with E-state index in [1.54, 1.807) is 30.3 Å². The van der Waals surface area contributed by atoms with Gasteiger partial charge in [-0.1, -0.05) is 27.5 Å². The minimum absolute atomic E-state index is 0.0555.